The van der Waals surface area contributed by atoms with Crippen molar-refractivity contribution in [3.8, 4) is 0 Å². The Hall–Kier alpha value is -0.790. The topological polar surface area (TPSA) is 49.9 Å². The summed E-state index contributed by atoms with van der Waals surface area (Å²) in [7, 11) is 0. The van der Waals surface area contributed by atoms with Crippen molar-refractivity contribution in [2.24, 2.45) is 5.73 Å². The molecule has 3 N–H and O–H groups in total. The number of hydrogen-bond donors (Lipinski definition) is 2. The second-order valence-corrected chi connectivity index (χ2v) is 1.26. The first-order valence-corrected chi connectivity index (χ1v) is 3.26. The number of hydrogen-bond acceptors (Lipinski definition) is 2. The zero-order valence-corrected chi connectivity index (χ0v) is 6.44. The van der Waals surface area contributed by atoms with Gasteiger partial charge in [0.2, 0.25) is 0 Å². The summed E-state index contributed by atoms with van der Waals surface area (Å²) in [6.07, 6.45) is 3.61. The van der Waals surface area contributed by atoms with Gasteiger partial charge in [0.05, 0.1) is 0 Å². The standard InChI is InChI=1S/C5H10N2.C2H6/c1-2-5(7)3-4-6;1-2/h3-4,6H,2,7H2,1H3;1-2H3/b5-3-,6-4?;. The van der Waals surface area contributed by atoms with Crippen molar-refractivity contribution in [2.75, 3.05) is 0 Å². The molecule has 0 aromatic heterocycles. The van der Waals surface area contributed by atoms with Gasteiger partial charge in [0, 0.05) is 11.9 Å². The van der Waals surface area contributed by atoms with Gasteiger partial charge < -0.3 is 11.1 Å². The van der Waals surface area contributed by atoms with Crippen LogP contribution in [0.4, 0.5) is 0 Å². The zero-order valence-electron chi connectivity index (χ0n) is 6.44. The minimum absolute atomic E-state index is 0.759. The van der Waals surface area contributed by atoms with Crippen molar-refractivity contribution in [3.63, 3.8) is 0 Å². The van der Waals surface area contributed by atoms with Gasteiger partial charge in [-0.25, -0.2) is 0 Å². The predicted octanol–water partition coefficient (Wildman–Crippen LogP) is 1.91. The second kappa shape index (κ2) is 10.2. The van der Waals surface area contributed by atoms with Gasteiger partial charge in [0.1, 0.15) is 0 Å². The Morgan fingerprint density at radius 1 is 1.56 bits per heavy atom. The van der Waals surface area contributed by atoms with Gasteiger partial charge in [-0.05, 0) is 12.5 Å². The van der Waals surface area contributed by atoms with Crippen LogP contribution in [0.15, 0.2) is 11.8 Å². The van der Waals surface area contributed by atoms with Gasteiger partial charge in [-0.1, -0.05) is 20.8 Å². The summed E-state index contributed by atoms with van der Waals surface area (Å²) in [4.78, 5) is 0. The fraction of sp³-hybridized carbons (Fsp3) is 0.571. The van der Waals surface area contributed by atoms with Crippen LogP contribution >= 0.6 is 0 Å². The highest BCUT2D eigenvalue weighted by molar-refractivity contribution is 5.68. The summed E-state index contributed by atoms with van der Waals surface area (Å²) in [5.74, 6) is 0. The summed E-state index contributed by atoms with van der Waals surface area (Å²) < 4.78 is 0. The van der Waals surface area contributed by atoms with E-state index in [0.717, 1.165) is 12.1 Å². The van der Waals surface area contributed by atoms with E-state index < -0.39 is 0 Å². The van der Waals surface area contributed by atoms with Crippen LogP contribution in [-0.4, -0.2) is 6.21 Å². The Balaban J connectivity index is 0. The second-order valence-electron chi connectivity index (χ2n) is 1.26. The number of nitrogens with one attached hydrogen (secondary N) is 1. The third kappa shape index (κ3) is 11.0. The highest BCUT2D eigenvalue weighted by Crippen LogP contribution is 1.85. The first kappa shape index (κ1) is 11.1. The van der Waals surface area contributed by atoms with Crippen molar-refractivity contribution >= 4 is 6.21 Å². The molecule has 0 aromatic carbocycles. The molecular formula is C7H16N2. The predicted molar refractivity (Wildman–Crippen MR) is 42.7 cm³/mol. The Labute approximate surface area is 57.3 Å². The first-order chi connectivity index (χ1) is 4.31. The lowest BCUT2D eigenvalue weighted by Gasteiger charge is -1.86. The molecule has 0 aromatic rings. The van der Waals surface area contributed by atoms with Gasteiger partial charge in [-0.15, -0.1) is 0 Å². The third-order valence-corrected chi connectivity index (χ3v) is 0.706. The maximum atomic E-state index is 6.56. The first-order valence-electron chi connectivity index (χ1n) is 3.26. The molecule has 0 heterocycles. The molecule has 0 saturated carbocycles. The quantitative estimate of drug-likeness (QED) is 0.548. The van der Waals surface area contributed by atoms with E-state index >= 15 is 0 Å². The van der Waals surface area contributed by atoms with Gasteiger partial charge in [-0.2, -0.15) is 0 Å². The molecule has 0 spiro atoms. The molecule has 0 aliphatic carbocycles. The van der Waals surface area contributed by atoms with E-state index in [0.29, 0.717) is 0 Å². The molecule has 0 fully saturated rings. The summed E-state index contributed by atoms with van der Waals surface area (Å²) >= 11 is 0. The third-order valence-electron chi connectivity index (χ3n) is 0.706. The molecule has 0 unspecified atom stereocenters. The van der Waals surface area contributed by atoms with Gasteiger partial charge in [-0.3, -0.25) is 0 Å². The highest BCUT2D eigenvalue weighted by atomic mass is 14.6. The van der Waals surface area contributed by atoms with Gasteiger partial charge >= 0.3 is 0 Å². The Kier molecular flexibility index (Phi) is 12.6. The van der Waals surface area contributed by atoms with E-state index in [4.69, 9.17) is 11.1 Å². The molecule has 0 radical (unpaired) electrons. The van der Waals surface area contributed by atoms with Crippen LogP contribution in [0.2, 0.25) is 0 Å². The van der Waals surface area contributed by atoms with Crippen molar-refractivity contribution in [1.82, 2.24) is 0 Å². The van der Waals surface area contributed by atoms with Crippen molar-refractivity contribution in [3.05, 3.63) is 11.8 Å². The zero-order chi connectivity index (χ0) is 7.70. The molecule has 0 aliphatic heterocycles. The average Bonchev–Trinajstić information content (AvgIpc) is 1.93. The normalized spacial score (nSPS) is 9.44. The fourth-order valence-electron chi connectivity index (χ4n) is 0.225. The average molecular weight is 128 g/mol. The van der Waals surface area contributed by atoms with Crippen molar-refractivity contribution in [1.29, 1.82) is 5.41 Å². The maximum Gasteiger partial charge on any atom is 0.0194 e. The van der Waals surface area contributed by atoms with Crippen LogP contribution in [-0.2, 0) is 0 Å². The molecule has 0 atom stereocenters. The largest absolute Gasteiger partial charge is 0.402 e. The number of rotatable bonds is 2. The lowest BCUT2D eigenvalue weighted by Crippen LogP contribution is -1.93. The summed E-state index contributed by atoms with van der Waals surface area (Å²) in [5, 5.41) is 6.56. The Morgan fingerprint density at radius 2 is 2.00 bits per heavy atom. The Bertz CT molecular complexity index is 84.9. The molecule has 0 saturated heterocycles. The molecule has 0 rings (SSSR count). The minimum Gasteiger partial charge on any atom is -0.402 e. The molecule has 2 nitrogen and oxygen atoms in total. The fourth-order valence-corrected chi connectivity index (χ4v) is 0.225. The van der Waals surface area contributed by atoms with Crippen LogP contribution in [0.5, 0.6) is 0 Å². The lowest BCUT2D eigenvalue weighted by atomic mass is 10.3. The number of nitrogens with two attached hydrogens (primary N) is 1. The van der Waals surface area contributed by atoms with Crippen molar-refractivity contribution in [2.45, 2.75) is 27.2 Å². The maximum absolute atomic E-state index is 6.56. The smallest absolute Gasteiger partial charge is 0.0194 e. The van der Waals surface area contributed by atoms with Crippen LogP contribution in [0, 0.1) is 5.41 Å². The van der Waals surface area contributed by atoms with E-state index in [2.05, 4.69) is 0 Å². The summed E-state index contributed by atoms with van der Waals surface area (Å²) in [6.45, 7) is 5.95. The van der Waals surface area contributed by atoms with E-state index in [-0.39, 0.29) is 0 Å². The summed E-state index contributed by atoms with van der Waals surface area (Å²) in [6, 6.07) is 0. The van der Waals surface area contributed by atoms with E-state index in [1.807, 2.05) is 20.8 Å². The molecule has 0 aliphatic rings. The minimum atomic E-state index is 0.759. The molecule has 9 heavy (non-hydrogen) atoms. The molecule has 2 heteroatoms. The van der Waals surface area contributed by atoms with Crippen LogP contribution in [0.3, 0.4) is 0 Å². The Morgan fingerprint density at radius 3 is 2.11 bits per heavy atom. The van der Waals surface area contributed by atoms with E-state index in [1.165, 1.54) is 6.21 Å². The molecule has 0 bridgehead atoms. The molecule has 54 valence electrons. The highest BCUT2D eigenvalue weighted by Gasteiger charge is 1.75. The van der Waals surface area contributed by atoms with E-state index in [9.17, 15) is 0 Å². The SMILES string of the molecule is CC.CC/C(N)=C/C=N. The van der Waals surface area contributed by atoms with Crippen LogP contribution in [0.25, 0.3) is 0 Å². The lowest BCUT2D eigenvalue weighted by molar-refractivity contribution is 1.07. The van der Waals surface area contributed by atoms with Crippen molar-refractivity contribution < 1.29 is 0 Å². The molecule has 0 amide bonds. The van der Waals surface area contributed by atoms with Crippen LogP contribution in [0.1, 0.15) is 27.2 Å². The van der Waals surface area contributed by atoms with Crippen LogP contribution < -0.4 is 5.73 Å². The van der Waals surface area contributed by atoms with E-state index in [1.54, 1.807) is 6.08 Å². The van der Waals surface area contributed by atoms with Gasteiger partial charge in [0.25, 0.3) is 0 Å². The van der Waals surface area contributed by atoms with Gasteiger partial charge in [0.15, 0.2) is 0 Å². The monoisotopic (exact) mass is 128 g/mol. The summed E-state index contributed by atoms with van der Waals surface area (Å²) in [5.41, 5.74) is 6.05. The number of allylic oxidation sites excluding steroid dienone is 2. The molecular weight excluding hydrogens is 112 g/mol.